The van der Waals surface area contributed by atoms with Crippen molar-refractivity contribution in [1.29, 1.82) is 0 Å². The zero-order valence-corrected chi connectivity index (χ0v) is 16.9. The Hall–Kier alpha value is -2.86. The molecule has 0 bridgehead atoms. The molecule has 1 aromatic heterocycles. The van der Waals surface area contributed by atoms with Crippen molar-refractivity contribution in [2.75, 3.05) is 28.6 Å². The highest BCUT2D eigenvalue weighted by atomic mass is 35.5. The molecular weight excluding hydrogens is 391 g/mol. The number of anilines is 3. The molecule has 0 saturated carbocycles. The van der Waals surface area contributed by atoms with E-state index in [0.29, 0.717) is 11.4 Å². The van der Waals surface area contributed by atoms with E-state index in [1.54, 1.807) is 0 Å². The van der Waals surface area contributed by atoms with Gasteiger partial charge in [0.2, 0.25) is 0 Å². The Morgan fingerprint density at radius 2 is 1.72 bits per heavy atom. The van der Waals surface area contributed by atoms with Gasteiger partial charge in [-0.2, -0.15) is 0 Å². The number of amides is 2. The van der Waals surface area contributed by atoms with E-state index < -0.39 is 11.8 Å². The number of nitrogens with one attached hydrogen (secondary N) is 2. The van der Waals surface area contributed by atoms with Crippen molar-refractivity contribution in [3.8, 4) is 0 Å². The fourth-order valence-electron chi connectivity index (χ4n) is 3.61. The second-order valence-electron chi connectivity index (χ2n) is 7.29. The van der Waals surface area contributed by atoms with Gasteiger partial charge in [0.1, 0.15) is 11.6 Å². The summed E-state index contributed by atoms with van der Waals surface area (Å²) in [6.45, 7) is 4.15. The van der Waals surface area contributed by atoms with E-state index >= 15 is 0 Å². The summed E-state index contributed by atoms with van der Waals surface area (Å²) in [6, 6.07) is 11.4. The first-order valence-corrected chi connectivity index (χ1v) is 10.1. The molecule has 1 aliphatic rings. The van der Waals surface area contributed by atoms with Crippen LogP contribution in [0.15, 0.2) is 42.5 Å². The van der Waals surface area contributed by atoms with E-state index in [1.165, 1.54) is 37.5 Å². The predicted molar refractivity (Wildman–Crippen MR) is 117 cm³/mol. The van der Waals surface area contributed by atoms with Crippen LogP contribution in [0.3, 0.4) is 0 Å². The van der Waals surface area contributed by atoms with Gasteiger partial charge in [0.15, 0.2) is 0 Å². The monoisotopic (exact) mass is 412 g/mol. The van der Waals surface area contributed by atoms with Crippen molar-refractivity contribution in [3.63, 3.8) is 0 Å². The molecule has 0 aliphatic carbocycles. The lowest BCUT2D eigenvalue weighted by Crippen LogP contribution is -2.30. The molecule has 7 heteroatoms. The minimum atomic E-state index is -0.529. The molecule has 3 aromatic rings. The quantitative estimate of drug-likeness (QED) is 0.557. The van der Waals surface area contributed by atoms with Crippen LogP contribution in [0.4, 0.5) is 26.4 Å². The van der Waals surface area contributed by atoms with Crippen molar-refractivity contribution >= 4 is 45.7 Å². The zero-order chi connectivity index (χ0) is 20.4. The van der Waals surface area contributed by atoms with Gasteiger partial charge in [-0.25, -0.2) is 14.2 Å². The fourth-order valence-corrected chi connectivity index (χ4v) is 3.79. The van der Waals surface area contributed by atoms with Crippen molar-refractivity contribution in [2.24, 2.45) is 0 Å². The fraction of sp³-hybridized carbons (Fsp3) is 0.273. The first-order valence-electron chi connectivity index (χ1n) is 9.69. The molecular formula is C22H22ClFN4O. The number of piperidine rings is 1. The molecule has 150 valence electrons. The molecule has 2 amide bonds. The highest BCUT2D eigenvalue weighted by Gasteiger charge is 2.14. The smallest absolute Gasteiger partial charge is 0.323 e. The van der Waals surface area contributed by atoms with Gasteiger partial charge in [-0.3, -0.25) is 0 Å². The number of carbonyl (C=O) groups excluding carboxylic acids is 1. The number of hydrogen-bond acceptors (Lipinski definition) is 3. The van der Waals surface area contributed by atoms with Gasteiger partial charge < -0.3 is 15.5 Å². The number of fused-ring (bicyclic) bond motifs is 1. The Balaban J connectivity index is 1.51. The van der Waals surface area contributed by atoms with Gasteiger partial charge in [-0.15, -0.1) is 0 Å². The second kappa shape index (κ2) is 8.25. The molecule has 2 N–H and O–H groups in total. The van der Waals surface area contributed by atoms with Crippen molar-refractivity contribution in [1.82, 2.24) is 4.98 Å². The number of carbonyl (C=O) groups is 1. The number of aryl methyl sites for hydroxylation is 1. The van der Waals surface area contributed by atoms with Gasteiger partial charge in [-0.1, -0.05) is 11.6 Å². The summed E-state index contributed by atoms with van der Waals surface area (Å²) in [6.07, 6.45) is 3.69. The minimum absolute atomic E-state index is 0.0419. The largest absolute Gasteiger partial charge is 0.357 e. The normalized spacial score (nSPS) is 14.1. The van der Waals surface area contributed by atoms with E-state index in [2.05, 4.69) is 28.5 Å². The number of benzene rings is 2. The Morgan fingerprint density at radius 3 is 2.45 bits per heavy atom. The van der Waals surface area contributed by atoms with Crippen LogP contribution < -0.4 is 15.5 Å². The van der Waals surface area contributed by atoms with Crippen LogP contribution in [0.5, 0.6) is 0 Å². The molecule has 2 aromatic carbocycles. The van der Waals surface area contributed by atoms with E-state index in [1.807, 2.05) is 18.2 Å². The van der Waals surface area contributed by atoms with E-state index in [-0.39, 0.29) is 5.02 Å². The van der Waals surface area contributed by atoms with Crippen molar-refractivity contribution < 1.29 is 9.18 Å². The number of rotatable bonds is 3. The summed E-state index contributed by atoms with van der Waals surface area (Å²) in [5, 5.41) is 6.40. The van der Waals surface area contributed by atoms with Crippen molar-refractivity contribution in [3.05, 3.63) is 58.9 Å². The number of halogens is 2. The highest BCUT2D eigenvalue weighted by Crippen LogP contribution is 2.27. The molecule has 29 heavy (non-hydrogen) atoms. The Kier molecular flexibility index (Phi) is 5.53. The lowest BCUT2D eigenvalue weighted by atomic mass is 10.1. The van der Waals surface area contributed by atoms with Crippen LogP contribution >= 0.6 is 11.6 Å². The van der Waals surface area contributed by atoms with Gasteiger partial charge in [-0.05, 0) is 74.2 Å². The Morgan fingerprint density at radius 1 is 1.03 bits per heavy atom. The molecule has 0 unspecified atom stereocenters. The SMILES string of the molecule is Cc1cc(N2CCCCC2)nc2ccc(NC(=O)Nc3ccc(F)c(Cl)c3)cc12. The Bertz CT molecular complexity index is 1070. The van der Waals surface area contributed by atoms with E-state index in [9.17, 15) is 9.18 Å². The molecule has 1 aliphatic heterocycles. The lowest BCUT2D eigenvalue weighted by molar-refractivity contribution is 0.262. The van der Waals surface area contributed by atoms with Gasteiger partial charge >= 0.3 is 6.03 Å². The maximum Gasteiger partial charge on any atom is 0.323 e. The maximum absolute atomic E-state index is 13.2. The molecule has 0 radical (unpaired) electrons. The van der Waals surface area contributed by atoms with Gasteiger partial charge in [0.25, 0.3) is 0 Å². The zero-order valence-electron chi connectivity index (χ0n) is 16.1. The first-order chi connectivity index (χ1) is 14.0. The molecule has 2 heterocycles. The molecule has 0 atom stereocenters. The molecule has 0 spiro atoms. The third-order valence-corrected chi connectivity index (χ3v) is 5.41. The third-order valence-electron chi connectivity index (χ3n) is 5.12. The van der Waals surface area contributed by atoms with Gasteiger partial charge in [0, 0.05) is 29.9 Å². The average Bonchev–Trinajstić information content (AvgIpc) is 2.71. The number of aromatic nitrogens is 1. The summed E-state index contributed by atoms with van der Waals surface area (Å²) < 4.78 is 13.2. The van der Waals surface area contributed by atoms with Crippen LogP contribution in [-0.2, 0) is 0 Å². The topological polar surface area (TPSA) is 57.3 Å². The summed E-state index contributed by atoms with van der Waals surface area (Å²) in [5.41, 5.74) is 3.09. The minimum Gasteiger partial charge on any atom is -0.357 e. The average molecular weight is 413 g/mol. The van der Waals surface area contributed by atoms with Gasteiger partial charge in [0.05, 0.1) is 10.5 Å². The molecule has 4 rings (SSSR count). The van der Waals surface area contributed by atoms with Crippen LogP contribution in [0.25, 0.3) is 10.9 Å². The standard InChI is InChI=1S/C22H22ClFN4O/c1-14-11-21(28-9-3-2-4-10-28)27-20-8-6-15(12-17(14)20)25-22(29)26-16-5-7-19(24)18(23)13-16/h5-8,11-13H,2-4,9-10H2,1H3,(H2,25,26,29). The summed E-state index contributed by atoms with van der Waals surface area (Å²) in [4.78, 5) is 19.4. The Labute approximate surface area is 173 Å². The van der Waals surface area contributed by atoms with Crippen LogP contribution in [0.2, 0.25) is 5.02 Å². The maximum atomic E-state index is 13.2. The molecule has 1 saturated heterocycles. The van der Waals surface area contributed by atoms with Crippen LogP contribution in [0.1, 0.15) is 24.8 Å². The summed E-state index contributed by atoms with van der Waals surface area (Å²) in [7, 11) is 0. The molecule has 1 fully saturated rings. The number of pyridine rings is 1. The number of nitrogens with zero attached hydrogens (tertiary/aromatic N) is 2. The van der Waals surface area contributed by atoms with Crippen molar-refractivity contribution in [2.45, 2.75) is 26.2 Å². The summed E-state index contributed by atoms with van der Waals surface area (Å²) in [5.74, 6) is 0.486. The van der Waals surface area contributed by atoms with E-state index in [4.69, 9.17) is 16.6 Å². The predicted octanol–water partition coefficient (Wildman–Crippen LogP) is 5.97. The van der Waals surface area contributed by atoms with Crippen LogP contribution in [-0.4, -0.2) is 24.1 Å². The number of hydrogen-bond donors (Lipinski definition) is 2. The summed E-state index contributed by atoms with van der Waals surface area (Å²) >= 11 is 5.75. The van der Waals surface area contributed by atoms with Crippen LogP contribution in [0, 0.1) is 12.7 Å². The third kappa shape index (κ3) is 4.43. The second-order valence-corrected chi connectivity index (χ2v) is 7.69. The highest BCUT2D eigenvalue weighted by molar-refractivity contribution is 6.31. The number of urea groups is 1. The van der Waals surface area contributed by atoms with E-state index in [0.717, 1.165) is 35.4 Å². The first kappa shape index (κ1) is 19.5. The molecule has 5 nitrogen and oxygen atoms in total. The lowest BCUT2D eigenvalue weighted by Gasteiger charge is -2.28.